The van der Waals surface area contributed by atoms with Crippen LogP contribution in [-0.4, -0.2) is 132 Å². The van der Waals surface area contributed by atoms with Crippen LogP contribution in [0.25, 0.3) is 6.08 Å². The molecule has 3 N–H and O–H groups in total. The number of fused-ring (bicyclic) bond motifs is 3. The van der Waals surface area contributed by atoms with Crippen LogP contribution >= 0.6 is 0 Å². The molecule has 1 unspecified atom stereocenters. The fraction of sp³-hybridized carbons (Fsp3) is 0.673. The average molecular weight is 922 g/mol. The maximum Gasteiger partial charge on any atom is 0.329 e. The van der Waals surface area contributed by atoms with Crippen LogP contribution in [0.3, 0.4) is 0 Å². The number of carbonyl (C=O) groups excluding carboxylic acids is 5. The summed E-state index contributed by atoms with van der Waals surface area (Å²) < 4.78 is 30.0. The molecule has 0 spiro atoms. The van der Waals surface area contributed by atoms with E-state index in [0.29, 0.717) is 62.5 Å². The van der Waals surface area contributed by atoms with Gasteiger partial charge in [0.2, 0.25) is 5.79 Å². The first-order valence-electron chi connectivity index (χ1n) is 23.9. The first-order chi connectivity index (χ1) is 31.3. The second-order valence-corrected chi connectivity index (χ2v) is 19.6. The van der Waals surface area contributed by atoms with Crippen molar-refractivity contribution in [1.29, 1.82) is 0 Å². The monoisotopic (exact) mass is 922 g/mol. The second kappa shape index (κ2) is 23.9. The summed E-state index contributed by atoms with van der Waals surface area (Å²) in [5, 5.41) is 34.6. The number of cyclic esters (lactones) is 1. The minimum atomic E-state index is -2.54. The van der Waals surface area contributed by atoms with Crippen molar-refractivity contribution in [2.75, 3.05) is 27.9 Å². The number of esters is 1. The number of ether oxygens (including phenoxy) is 5. The van der Waals surface area contributed by atoms with Crippen LogP contribution in [0, 0.1) is 29.6 Å². The number of carbonyl (C=O) groups is 5. The zero-order chi connectivity index (χ0) is 48.5. The highest BCUT2D eigenvalue weighted by atomic mass is 16.7. The Bertz CT molecular complexity index is 1940. The first-order valence-corrected chi connectivity index (χ1v) is 23.9. The fourth-order valence-electron chi connectivity index (χ4n) is 10.4. The molecule has 5 rings (SSSR count). The van der Waals surface area contributed by atoms with E-state index in [-0.39, 0.29) is 55.3 Å². The Morgan fingerprint density at radius 1 is 0.864 bits per heavy atom. The number of hydrogen-bond acceptors (Lipinski definition) is 13. The lowest BCUT2D eigenvalue weighted by molar-refractivity contribution is -0.302. The molecule has 1 aromatic carbocycles. The van der Waals surface area contributed by atoms with Crippen molar-refractivity contribution < 1.29 is 63.0 Å². The number of amides is 1. The van der Waals surface area contributed by atoms with E-state index in [1.165, 1.54) is 26.0 Å². The molecule has 2 saturated heterocycles. The van der Waals surface area contributed by atoms with Crippen LogP contribution < -0.4 is 0 Å². The van der Waals surface area contributed by atoms with E-state index in [0.717, 1.165) is 11.1 Å². The van der Waals surface area contributed by atoms with E-state index in [4.69, 9.17) is 23.7 Å². The zero-order valence-electron chi connectivity index (χ0n) is 40.5. The van der Waals surface area contributed by atoms with Gasteiger partial charge in [0.25, 0.3) is 11.7 Å². The summed E-state index contributed by atoms with van der Waals surface area (Å²) in [5.41, 5.74) is 3.02. The Kier molecular flexibility index (Phi) is 19.2. The normalized spacial score (nSPS) is 37.1. The van der Waals surface area contributed by atoms with Gasteiger partial charge in [0.05, 0.1) is 30.5 Å². The van der Waals surface area contributed by atoms with Gasteiger partial charge in [-0.05, 0) is 108 Å². The lowest BCUT2D eigenvalue weighted by Gasteiger charge is -2.47. The lowest BCUT2D eigenvalue weighted by Crippen LogP contribution is -2.64. The third-order valence-electron chi connectivity index (χ3n) is 14.5. The van der Waals surface area contributed by atoms with Gasteiger partial charge in [-0.2, -0.15) is 0 Å². The van der Waals surface area contributed by atoms with Gasteiger partial charge in [0.15, 0.2) is 5.78 Å². The molecule has 14 atom stereocenters. The standard InChI is InChI=1S/C52H75NO13/c1-30-23-31(2)25-45(63-8)48-46(64-9)27-33(4)52(61,66-48)49(58)50(59)53-22-11-10-15-40(53)51(60)65-47(32(3)26-37-18-21-41(55)44(28-37)62-7)34(5)42(56)29-43(57)39(24-30)14-12-13-36-16-19-38(20-17-36)35(6)54/h12-13,16-17,19-20,24,26,31,33-34,37,39-42,44-48,55-56,61H,10-11,14-15,18,21-23,25,27-29H2,1-9H3/b13-12+,30-24+,32-26+/t31-,33+,34+,37-,39?,40-,41+,42-,44+,45-,46-,47+,48+,52+/m0/s1. The van der Waals surface area contributed by atoms with Crippen LogP contribution in [-0.2, 0) is 42.9 Å². The molecular formula is C52H75NO13. The number of rotatable bonds is 9. The minimum Gasteiger partial charge on any atom is -0.456 e. The molecule has 1 amide bonds. The molecule has 1 aromatic rings. The second-order valence-electron chi connectivity index (χ2n) is 19.6. The topological polar surface area (TPSA) is 195 Å². The van der Waals surface area contributed by atoms with Gasteiger partial charge in [-0.3, -0.25) is 19.2 Å². The van der Waals surface area contributed by atoms with Crippen molar-refractivity contribution >= 4 is 35.3 Å². The molecule has 14 nitrogen and oxygen atoms in total. The molecule has 3 aliphatic heterocycles. The smallest absolute Gasteiger partial charge is 0.329 e. The number of aliphatic hydroxyl groups excluding tert-OH is 2. The van der Waals surface area contributed by atoms with Crippen LogP contribution in [0.5, 0.6) is 0 Å². The third kappa shape index (κ3) is 13.0. The quantitative estimate of drug-likeness (QED) is 0.107. The van der Waals surface area contributed by atoms with Gasteiger partial charge in [0.1, 0.15) is 24.0 Å². The van der Waals surface area contributed by atoms with Crippen LogP contribution in [0.1, 0.15) is 128 Å². The van der Waals surface area contributed by atoms with Crippen molar-refractivity contribution in [3.05, 3.63) is 64.8 Å². The van der Waals surface area contributed by atoms with Gasteiger partial charge in [-0.1, -0.05) is 74.9 Å². The maximum absolute atomic E-state index is 14.5. The van der Waals surface area contributed by atoms with Crippen molar-refractivity contribution in [3.8, 4) is 0 Å². The van der Waals surface area contributed by atoms with E-state index in [2.05, 4.69) is 0 Å². The molecule has 3 fully saturated rings. The minimum absolute atomic E-state index is 0.0346. The molecule has 0 radical (unpaired) electrons. The Hall–Kier alpha value is -3.89. The van der Waals surface area contributed by atoms with Crippen molar-refractivity contribution in [2.45, 2.75) is 167 Å². The van der Waals surface area contributed by atoms with Gasteiger partial charge < -0.3 is 43.9 Å². The third-order valence-corrected chi connectivity index (χ3v) is 14.5. The summed E-state index contributed by atoms with van der Waals surface area (Å²) in [6.45, 7) is 10.7. The molecular weight excluding hydrogens is 847 g/mol. The Balaban J connectivity index is 1.55. The van der Waals surface area contributed by atoms with Crippen molar-refractivity contribution in [2.24, 2.45) is 29.6 Å². The zero-order valence-corrected chi connectivity index (χ0v) is 40.5. The van der Waals surface area contributed by atoms with Gasteiger partial charge in [0, 0.05) is 57.6 Å². The molecule has 2 bridgehead atoms. The first kappa shape index (κ1) is 53.1. The number of hydrogen-bond donors (Lipinski definition) is 3. The number of ketones is 3. The van der Waals surface area contributed by atoms with Gasteiger partial charge >= 0.3 is 5.97 Å². The van der Waals surface area contributed by atoms with Crippen molar-refractivity contribution in [1.82, 2.24) is 4.90 Å². The summed E-state index contributed by atoms with van der Waals surface area (Å²) in [7, 11) is 4.60. The summed E-state index contributed by atoms with van der Waals surface area (Å²) in [5.74, 6) is -8.14. The molecule has 1 aliphatic carbocycles. The molecule has 3 heterocycles. The Labute approximate surface area is 391 Å². The number of methoxy groups -OCH3 is 3. The summed E-state index contributed by atoms with van der Waals surface area (Å²) in [6.07, 6.45) is 6.51. The van der Waals surface area contributed by atoms with Crippen LogP contribution in [0.4, 0.5) is 0 Å². The largest absolute Gasteiger partial charge is 0.456 e. The Morgan fingerprint density at radius 2 is 1.53 bits per heavy atom. The summed E-state index contributed by atoms with van der Waals surface area (Å²) >= 11 is 0. The number of nitrogens with zero attached hydrogens (tertiary/aromatic N) is 1. The van der Waals surface area contributed by atoms with E-state index in [1.54, 1.807) is 33.1 Å². The van der Waals surface area contributed by atoms with Crippen LogP contribution in [0.2, 0.25) is 0 Å². The average Bonchev–Trinajstić information content (AvgIpc) is 3.29. The molecule has 1 saturated carbocycles. The number of piperidine rings is 1. The summed E-state index contributed by atoms with van der Waals surface area (Å²) in [4.78, 5) is 70.7. The molecule has 0 aromatic heterocycles. The highest BCUT2D eigenvalue weighted by Gasteiger charge is 2.56. The van der Waals surface area contributed by atoms with Gasteiger partial charge in [-0.15, -0.1) is 0 Å². The van der Waals surface area contributed by atoms with Gasteiger partial charge in [-0.25, -0.2) is 4.79 Å². The predicted octanol–water partition coefficient (Wildman–Crippen LogP) is 6.37. The van der Waals surface area contributed by atoms with Crippen molar-refractivity contribution in [3.63, 3.8) is 0 Å². The van der Waals surface area contributed by atoms with E-state index in [9.17, 15) is 39.3 Å². The van der Waals surface area contributed by atoms with E-state index in [1.807, 2.05) is 57.2 Å². The van der Waals surface area contributed by atoms with Crippen LogP contribution in [0.15, 0.2) is 53.6 Å². The highest BCUT2D eigenvalue weighted by Crippen LogP contribution is 2.39. The summed E-state index contributed by atoms with van der Waals surface area (Å²) in [6, 6.07) is 6.03. The van der Waals surface area contributed by atoms with E-state index < -0.39 is 83.9 Å². The number of allylic oxidation sites excluding steroid dienone is 4. The number of Topliss-reactive ketones (excluding diaryl/α,β-unsaturated/α-hetero) is 3. The highest BCUT2D eigenvalue weighted by molar-refractivity contribution is 6.39. The lowest BCUT2D eigenvalue weighted by atomic mass is 9.81. The predicted molar refractivity (Wildman–Crippen MR) is 248 cm³/mol. The molecule has 4 aliphatic rings. The van der Waals surface area contributed by atoms with E-state index >= 15 is 0 Å². The maximum atomic E-state index is 14.5. The number of benzene rings is 1. The number of aliphatic hydroxyl groups is 3. The SMILES string of the molecule is CO[C@H]1C[C@@H](C)C/C(C)=C/C(C/C=C/c2ccc(C(C)=O)cc2)C(=O)C[C@H](O)[C@@H](C)[C@@H](/C(C)=C/[C@@H]2CC[C@@H](O)[C@H](OC)C2)OC(=O)[C@@H]2CCCCN2C(=O)C(=O)[C@]2(O)O[C@H]1[C@@H](OC)C[C@H]2C. The Morgan fingerprint density at radius 3 is 2.18 bits per heavy atom. The molecule has 14 heteroatoms. The molecule has 366 valence electrons. The molecule has 66 heavy (non-hydrogen) atoms. The fourth-order valence-corrected chi connectivity index (χ4v) is 10.4.